The predicted molar refractivity (Wildman–Crippen MR) is 78.5 cm³/mol. The number of aromatic nitrogens is 2. The summed E-state index contributed by atoms with van der Waals surface area (Å²) in [6.07, 6.45) is 4.18. The molecule has 0 radical (unpaired) electrons. The van der Waals surface area contributed by atoms with E-state index in [0.717, 1.165) is 25.3 Å². The first-order valence-electron chi connectivity index (χ1n) is 6.03. The van der Waals surface area contributed by atoms with Gasteiger partial charge in [0.2, 0.25) is 0 Å². The highest BCUT2D eigenvalue weighted by atomic mass is 32.1. The Labute approximate surface area is 118 Å². The SMILES string of the molecule is COCCCN(CCOC)c1cnc(C(N)=S)cn1. The first-order chi connectivity index (χ1) is 9.19. The summed E-state index contributed by atoms with van der Waals surface area (Å²) in [7, 11) is 3.37. The van der Waals surface area contributed by atoms with Crippen LogP contribution in [0.5, 0.6) is 0 Å². The molecule has 1 aromatic heterocycles. The molecule has 6 nitrogen and oxygen atoms in total. The second-order valence-electron chi connectivity index (χ2n) is 3.95. The van der Waals surface area contributed by atoms with Crippen LogP contribution in [-0.4, -0.2) is 55.5 Å². The van der Waals surface area contributed by atoms with Crippen LogP contribution in [0.25, 0.3) is 0 Å². The zero-order valence-corrected chi connectivity index (χ0v) is 12.2. The molecule has 1 heterocycles. The molecule has 0 atom stereocenters. The van der Waals surface area contributed by atoms with Gasteiger partial charge in [0.05, 0.1) is 19.0 Å². The van der Waals surface area contributed by atoms with Gasteiger partial charge in [0.1, 0.15) is 16.5 Å². The van der Waals surface area contributed by atoms with Crippen molar-refractivity contribution >= 4 is 23.0 Å². The Balaban J connectivity index is 2.68. The van der Waals surface area contributed by atoms with E-state index >= 15 is 0 Å². The minimum Gasteiger partial charge on any atom is -0.388 e. The van der Waals surface area contributed by atoms with Crippen LogP contribution < -0.4 is 10.6 Å². The van der Waals surface area contributed by atoms with E-state index in [0.29, 0.717) is 18.9 Å². The number of thiocarbonyl (C=S) groups is 1. The van der Waals surface area contributed by atoms with Gasteiger partial charge in [-0.3, -0.25) is 0 Å². The Kier molecular flexibility index (Phi) is 7.24. The predicted octanol–water partition coefficient (Wildman–Crippen LogP) is 0.600. The molecule has 1 rings (SSSR count). The second kappa shape index (κ2) is 8.73. The Morgan fingerprint density at radius 2 is 1.95 bits per heavy atom. The quantitative estimate of drug-likeness (QED) is 0.526. The molecule has 19 heavy (non-hydrogen) atoms. The minimum atomic E-state index is 0.252. The lowest BCUT2D eigenvalue weighted by molar-refractivity contribution is 0.191. The van der Waals surface area contributed by atoms with Crippen LogP contribution in [0.4, 0.5) is 5.82 Å². The third-order valence-corrected chi connectivity index (χ3v) is 2.77. The van der Waals surface area contributed by atoms with E-state index in [1.54, 1.807) is 26.6 Å². The number of hydrogen-bond acceptors (Lipinski definition) is 6. The van der Waals surface area contributed by atoms with Crippen molar-refractivity contribution in [1.82, 2.24) is 9.97 Å². The van der Waals surface area contributed by atoms with Crippen LogP contribution in [0.3, 0.4) is 0 Å². The first kappa shape index (κ1) is 15.7. The topological polar surface area (TPSA) is 73.5 Å². The van der Waals surface area contributed by atoms with Crippen LogP contribution >= 0.6 is 12.2 Å². The summed E-state index contributed by atoms with van der Waals surface area (Å²) < 4.78 is 10.2. The lowest BCUT2D eigenvalue weighted by Crippen LogP contribution is -2.30. The summed E-state index contributed by atoms with van der Waals surface area (Å²) in [5.74, 6) is 0.785. The van der Waals surface area contributed by atoms with Gasteiger partial charge in [0.15, 0.2) is 0 Å². The summed E-state index contributed by atoms with van der Waals surface area (Å²) in [5.41, 5.74) is 6.03. The Bertz CT molecular complexity index is 386. The number of hydrogen-bond donors (Lipinski definition) is 1. The van der Waals surface area contributed by atoms with Gasteiger partial charge in [-0.25, -0.2) is 9.97 Å². The standard InChI is InChI=1S/C12H20N4O2S/c1-17-6-3-4-16(5-7-18-2)11-9-14-10(8-15-11)12(13)19/h8-9H,3-7H2,1-2H3,(H2,13,19). The van der Waals surface area contributed by atoms with Gasteiger partial charge in [-0.1, -0.05) is 12.2 Å². The van der Waals surface area contributed by atoms with Crippen molar-refractivity contribution in [3.63, 3.8) is 0 Å². The molecule has 0 aliphatic rings. The molecule has 2 N–H and O–H groups in total. The van der Waals surface area contributed by atoms with Crippen molar-refractivity contribution < 1.29 is 9.47 Å². The number of nitrogens with two attached hydrogens (primary N) is 1. The molecule has 0 bridgehead atoms. The van der Waals surface area contributed by atoms with Gasteiger partial charge in [0.25, 0.3) is 0 Å². The molecule has 106 valence electrons. The number of rotatable bonds is 9. The molecule has 0 aromatic carbocycles. The van der Waals surface area contributed by atoms with Crippen molar-refractivity contribution in [2.45, 2.75) is 6.42 Å². The molecule has 0 aliphatic carbocycles. The van der Waals surface area contributed by atoms with E-state index in [-0.39, 0.29) is 4.99 Å². The average Bonchev–Trinajstić information content (AvgIpc) is 2.43. The van der Waals surface area contributed by atoms with E-state index < -0.39 is 0 Å². The van der Waals surface area contributed by atoms with Crippen molar-refractivity contribution in [2.75, 3.05) is 45.4 Å². The lowest BCUT2D eigenvalue weighted by atomic mass is 10.3. The highest BCUT2D eigenvalue weighted by Gasteiger charge is 2.09. The highest BCUT2D eigenvalue weighted by molar-refractivity contribution is 7.80. The third-order valence-electron chi connectivity index (χ3n) is 2.56. The van der Waals surface area contributed by atoms with Gasteiger partial charge >= 0.3 is 0 Å². The number of methoxy groups -OCH3 is 2. The maximum atomic E-state index is 5.50. The maximum Gasteiger partial charge on any atom is 0.147 e. The molecular formula is C12H20N4O2S. The Hall–Kier alpha value is -1.31. The minimum absolute atomic E-state index is 0.252. The van der Waals surface area contributed by atoms with E-state index in [1.807, 2.05) is 0 Å². The smallest absolute Gasteiger partial charge is 0.147 e. The van der Waals surface area contributed by atoms with Crippen LogP contribution in [0.1, 0.15) is 12.1 Å². The van der Waals surface area contributed by atoms with E-state index in [9.17, 15) is 0 Å². The Morgan fingerprint density at radius 3 is 2.47 bits per heavy atom. The van der Waals surface area contributed by atoms with Crippen LogP contribution in [-0.2, 0) is 9.47 Å². The fraction of sp³-hybridized carbons (Fsp3) is 0.583. The summed E-state index contributed by atoms with van der Waals surface area (Å²) in [6, 6.07) is 0. The zero-order chi connectivity index (χ0) is 14.1. The Morgan fingerprint density at radius 1 is 1.21 bits per heavy atom. The molecular weight excluding hydrogens is 264 g/mol. The first-order valence-corrected chi connectivity index (χ1v) is 6.44. The van der Waals surface area contributed by atoms with E-state index in [1.165, 1.54) is 0 Å². The van der Waals surface area contributed by atoms with Crippen LogP contribution in [0.15, 0.2) is 12.4 Å². The van der Waals surface area contributed by atoms with Gasteiger partial charge < -0.3 is 20.1 Å². The summed E-state index contributed by atoms with van der Waals surface area (Å²) in [4.78, 5) is 10.9. The third kappa shape index (κ3) is 5.46. The molecule has 0 spiro atoms. The fourth-order valence-electron chi connectivity index (χ4n) is 1.55. The van der Waals surface area contributed by atoms with Gasteiger partial charge in [-0.05, 0) is 6.42 Å². The number of anilines is 1. The monoisotopic (exact) mass is 284 g/mol. The molecule has 7 heteroatoms. The van der Waals surface area contributed by atoms with Crippen LogP contribution in [0.2, 0.25) is 0 Å². The van der Waals surface area contributed by atoms with E-state index in [2.05, 4.69) is 14.9 Å². The molecule has 0 saturated heterocycles. The molecule has 0 amide bonds. The zero-order valence-electron chi connectivity index (χ0n) is 11.3. The summed E-state index contributed by atoms with van der Waals surface area (Å²) >= 11 is 4.85. The fourth-order valence-corrected chi connectivity index (χ4v) is 1.66. The molecule has 0 fully saturated rings. The van der Waals surface area contributed by atoms with Crippen LogP contribution in [0, 0.1) is 0 Å². The molecule has 1 aromatic rings. The van der Waals surface area contributed by atoms with E-state index in [4.69, 9.17) is 27.4 Å². The average molecular weight is 284 g/mol. The van der Waals surface area contributed by atoms with Crippen molar-refractivity contribution in [3.8, 4) is 0 Å². The second-order valence-corrected chi connectivity index (χ2v) is 4.39. The highest BCUT2D eigenvalue weighted by Crippen LogP contribution is 2.09. The molecule has 0 saturated carbocycles. The van der Waals surface area contributed by atoms with Gasteiger partial charge in [-0.2, -0.15) is 0 Å². The number of nitrogens with zero attached hydrogens (tertiary/aromatic N) is 3. The number of ether oxygens (including phenoxy) is 2. The van der Waals surface area contributed by atoms with Crippen molar-refractivity contribution in [1.29, 1.82) is 0 Å². The molecule has 0 aliphatic heterocycles. The van der Waals surface area contributed by atoms with Crippen molar-refractivity contribution in [2.24, 2.45) is 5.73 Å². The summed E-state index contributed by atoms with van der Waals surface area (Å²) in [6.45, 7) is 2.92. The lowest BCUT2D eigenvalue weighted by Gasteiger charge is -2.23. The normalized spacial score (nSPS) is 10.4. The summed E-state index contributed by atoms with van der Waals surface area (Å²) in [5, 5.41) is 0. The maximum absolute atomic E-state index is 5.50. The van der Waals surface area contributed by atoms with Gasteiger partial charge in [-0.15, -0.1) is 0 Å². The largest absolute Gasteiger partial charge is 0.388 e. The molecule has 0 unspecified atom stereocenters. The van der Waals surface area contributed by atoms with Gasteiger partial charge in [0, 0.05) is 33.9 Å². The van der Waals surface area contributed by atoms with Crippen molar-refractivity contribution in [3.05, 3.63) is 18.1 Å².